The van der Waals surface area contributed by atoms with E-state index >= 15 is 0 Å². The third-order valence-electron chi connectivity index (χ3n) is 10.4. The normalized spacial score (nSPS) is 51.2. The zero-order valence-corrected chi connectivity index (χ0v) is 18.9. The number of hydrogen-bond donors (Lipinski definition) is 1. The molecule has 0 aromatic rings. The maximum absolute atomic E-state index is 13.6. The molecule has 4 saturated carbocycles. The van der Waals surface area contributed by atoms with Crippen LogP contribution in [0.3, 0.4) is 0 Å². The van der Waals surface area contributed by atoms with Crippen molar-refractivity contribution in [1.82, 2.24) is 0 Å². The van der Waals surface area contributed by atoms with Crippen LogP contribution in [0.4, 0.5) is 0 Å². The van der Waals surface area contributed by atoms with Crippen molar-refractivity contribution < 1.29 is 33.7 Å². The van der Waals surface area contributed by atoms with E-state index in [1.165, 1.54) is 6.92 Å². The van der Waals surface area contributed by atoms with Gasteiger partial charge in [0.15, 0.2) is 0 Å². The van der Waals surface area contributed by atoms with Crippen molar-refractivity contribution in [2.45, 2.75) is 88.9 Å². The minimum atomic E-state index is -1.19. The lowest BCUT2D eigenvalue weighted by atomic mass is 9.42. The Hall–Kier alpha value is -1.89. The molecule has 2 heterocycles. The van der Waals surface area contributed by atoms with E-state index < -0.39 is 16.6 Å². The van der Waals surface area contributed by atoms with Gasteiger partial charge < -0.3 is 19.3 Å². The quantitative estimate of drug-likeness (QED) is 0.516. The minimum absolute atomic E-state index is 0.00760. The second-order valence-corrected chi connectivity index (χ2v) is 11.4. The standard InChI is InChI=1S/C25H32O7/c1-14(26)31-16-5-8-24-19-6-7-22(2)17(15-11-20(27)30-13-15)3-4-18(22)25(19,32-21(24)28)10-9-23(24,29)12-16/h11,16-19,29H,3-10,12-13H2,1-2H3/t16-,17+,18+,19+,22+,23+,24+,25+/m0/s1. The number of carbonyl (C=O) groups excluding carboxylic acids is 3. The highest BCUT2D eigenvalue weighted by Crippen LogP contribution is 2.75. The first-order valence-corrected chi connectivity index (χ1v) is 12.1. The van der Waals surface area contributed by atoms with Crippen LogP contribution >= 0.6 is 0 Å². The molecule has 5 fully saturated rings. The van der Waals surface area contributed by atoms with Crippen molar-refractivity contribution in [2.75, 3.05) is 6.61 Å². The molecular formula is C25H32O7. The fourth-order valence-corrected chi connectivity index (χ4v) is 9.27. The number of hydrogen-bond acceptors (Lipinski definition) is 7. The lowest BCUT2D eigenvalue weighted by Gasteiger charge is -2.61. The van der Waals surface area contributed by atoms with Gasteiger partial charge in [-0.15, -0.1) is 0 Å². The minimum Gasteiger partial charge on any atom is -0.462 e. The Balaban J connectivity index is 1.35. The third-order valence-corrected chi connectivity index (χ3v) is 10.4. The molecule has 2 aliphatic heterocycles. The van der Waals surface area contributed by atoms with Crippen LogP contribution in [0.5, 0.6) is 0 Å². The zero-order valence-electron chi connectivity index (χ0n) is 18.9. The van der Waals surface area contributed by atoms with Crippen molar-refractivity contribution in [2.24, 2.45) is 28.6 Å². The number of esters is 3. The van der Waals surface area contributed by atoms with E-state index in [-0.39, 0.29) is 47.2 Å². The number of aliphatic hydroxyl groups is 1. The molecule has 7 nitrogen and oxygen atoms in total. The van der Waals surface area contributed by atoms with Crippen molar-refractivity contribution in [1.29, 1.82) is 0 Å². The van der Waals surface area contributed by atoms with Gasteiger partial charge in [-0.25, -0.2) is 4.79 Å². The lowest BCUT2D eigenvalue weighted by Crippen LogP contribution is -2.67. The van der Waals surface area contributed by atoms with E-state index in [0.717, 1.165) is 31.3 Å². The molecule has 8 atom stereocenters. The van der Waals surface area contributed by atoms with E-state index in [9.17, 15) is 19.5 Å². The summed E-state index contributed by atoms with van der Waals surface area (Å²) in [6.07, 6.45) is 7.58. The van der Waals surface area contributed by atoms with Gasteiger partial charge in [0.1, 0.15) is 23.7 Å². The van der Waals surface area contributed by atoms with Crippen molar-refractivity contribution >= 4 is 17.9 Å². The van der Waals surface area contributed by atoms with Crippen LogP contribution in [0.25, 0.3) is 0 Å². The molecule has 6 rings (SSSR count). The molecule has 0 aromatic heterocycles. The second kappa shape index (κ2) is 6.37. The average molecular weight is 445 g/mol. The van der Waals surface area contributed by atoms with Crippen molar-refractivity contribution in [3.8, 4) is 0 Å². The number of carbonyl (C=O) groups is 3. The molecule has 7 heteroatoms. The van der Waals surface area contributed by atoms with E-state index in [4.69, 9.17) is 14.2 Å². The summed E-state index contributed by atoms with van der Waals surface area (Å²) >= 11 is 0. The van der Waals surface area contributed by atoms with Crippen LogP contribution in [0, 0.1) is 28.6 Å². The summed E-state index contributed by atoms with van der Waals surface area (Å²) in [6.45, 7) is 4.07. The van der Waals surface area contributed by atoms with Crippen molar-refractivity contribution in [3.63, 3.8) is 0 Å². The van der Waals surface area contributed by atoms with E-state index in [0.29, 0.717) is 38.7 Å². The van der Waals surface area contributed by atoms with Crippen LogP contribution < -0.4 is 0 Å². The van der Waals surface area contributed by atoms with Gasteiger partial charge in [-0.1, -0.05) is 6.92 Å². The Bertz CT molecular complexity index is 941. The first-order valence-electron chi connectivity index (χ1n) is 12.1. The molecule has 1 spiro atoms. The van der Waals surface area contributed by atoms with Gasteiger partial charge in [0.2, 0.25) is 0 Å². The molecular weight excluding hydrogens is 412 g/mol. The molecule has 0 radical (unpaired) electrons. The van der Waals surface area contributed by atoms with Gasteiger partial charge >= 0.3 is 17.9 Å². The van der Waals surface area contributed by atoms with E-state index in [2.05, 4.69) is 6.92 Å². The molecule has 1 saturated heterocycles. The number of cyclic esters (lactones) is 1. The summed E-state index contributed by atoms with van der Waals surface area (Å²) in [5.74, 6) is -0.360. The van der Waals surface area contributed by atoms with E-state index in [1.807, 2.05) is 0 Å². The fourth-order valence-electron chi connectivity index (χ4n) is 9.27. The number of ether oxygens (including phenoxy) is 3. The molecule has 0 amide bonds. The molecule has 0 aromatic carbocycles. The molecule has 0 unspecified atom stereocenters. The smallest absolute Gasteiger partial charge is 0.331 e. The molecule has 32 heavy (non-hydrogen) atoms. The molecule has 2 bridgehead atoms. The van der Waals surface area contributed by atoms with Crippen LogP contribution in [0.1, 0.15) is 71.6 Å². The Morgan fingerprint density at radius 1 is 1.09 bits per heavy atom. The predicted octanol–water partition coefficient (Wildman–Crippen LogP) is 2.83. The fraction of sp³-hybridized carbons (Fsp3) is 0.800. The van der Waals surface area contributed by atoms with E-state index in [1.54, 1.807) is 6.08 Å². The van der Waals surface area contributed by atoms with Crippen LogP contribution in [0.15, 0.2) is 11.6 Å². The molecule has 174 valence electrons. The van der Waals surface area contributed by atoms with Crippen molar-refractivity contribution in [3.05, 3.63) is 11.6 Å². The largest absolute Gasteiger partial charge is 0.462 e. The number of rotatable bonds is 2. The van der Waals surface area contributed by atoms with Crippen LogP contribution in [0.2, 0.25) is 0 Å². The highest BCUT2D eigenvalue weighted by Gasteiger charge is 2.80. The SMILES string of the molecule is CC(=O)O[C@H]1CC[C@@]23C(=O)O[C@]4(CC[C@@]2(O)C1)[C@@H]1CC[C@H](C2=CC(=O)OC2)[C@@]1(C)CC[C@@H]43. The van der Waals surface area contributed by atoms with Gasteiger partial charge in [-0.3, -0.25) is 9.59 Å². The first-order chi connectivity index (χ1) is 15.1. The summed E-state index contributed by atoms with van der Waals surface area (Å²) in [4.78, 5) is 36.9. The topological polar surface area (TPSA) is 99.1 Å². The van der Waals surface area contributed by atoms with Crippen LogP contribution in [-0.4, -0.2) is 46.9 Å². The van der Waals surface area contributed by atoms with Gasteiger partial charge in [0, 0.05) is 31.3 Å². The highest BCUT2D eigenvalue weighted by atomic mass is 16.6. The third kappa shape index (κ3) is 2.33. The van der Waals surface area contributed by atoms with Gasteiger partial charge in [-0.2, -0.15) is 0 Å². The summed E-state index contributed by atoms with van der Waals surface area (Å²) in [6, 6.07) is 0. The number of fused-ring (bicyclic) bond motifs is 1. The molecule has 4 aliphatic carbocycles. The average Bonchev–Trinajstić information content (AvgIpc) is 3.34. The lowest BCUT2D eigenvalue weighted by molar-refractivity contribution is -0.218. The van der Waals surface area contributed by atoms with Gasteiger partial charge in [0.25, 0.3) is 0 Å². The summed E-state index contributed by atoms with van der Waals surface area (Å²) < 4.78 is 17.1. The maximum atomic E-state index is 13.6. The highest BCUT2D eigenvalue weighted by molar-refractivity contribution is 5.85. The Kier molecular flexibility index (Phi) is 4.12. The Labute approximate surface area is 187 Å². The zero-order chi connectivity index (χ0) is 22.5. The van der Waals surface area contributed by atoms with Gasteiger partial charge in [0.05, 0.1) is 5.60 Å². The molecule has 6 aliphatic rings. The maximum Gasteiger partial charge on any atom is 0.331 e. The molecule has 1 N–H and O–H groups in total. The first kappa shape index (κ1) is 20.7. The summed E-state index contributed by atoms with van der Waals surface area (Å²) in [5, 5.41) is 11.9. The monoisotopic (exact) mass is 444 g/mol. The Morgan fingerprint density at radius 3 is 2.62 bits per heavy atom. The van der Waals surface area contributed by atoms with Crippen LogP contribution in [-0.2, 0) is 28.6 Å². The van der Waals surface area contributed by atoms with Gasteiger partial charge in [-0.05, 0) is 68.3 Å². The predicted molar refractivity (Wildman–Crippen MR) is 111 cm³/mol. The summed E-state index contributed by atoms with van der Waals surface area (Å²) in [7, 11) is 0. The summed E-state index contributed by atoms with van der Waals surface area (Å²) in [5.41, 5.74) is -1.58. The second-order valence-electron chi connectivity index (χ2n) is 11.4. The Morgan fingerprint density at radius 2 is 1.91 bits per heavy atom.